The second-order valence-electron chi connectivity index (χ2n) is 8.11. The van der Waals surface area contributed by atoms with Crippen LogP contribution in [0.4, 0.5) is 0 Å². The fraction of sp³-hybridized carbons (Fsp3) is 0.944. The second kappa shape index (κ2) is 6.78. The molecule has 2 aliphatic rings. The standard InChI is InChI=1S/C18H34N2O/c1-14(2)15-7-8-17(21)16(11-15)12-20(5)13-18(19(3)4)9-6-10-18/h14-16H,6-13H2,1-5H3. The molecule has 0 N–H and O–H groups in total. The van der Waals surface area contributed by atoms with Gasteiger partial charge in [0.1, 0.15) is 5.78 Å². The van der Waals surface area contributed by atoms with Gasteiger partial charge in [0.2, 0.25) is 0 Å². The van der Waals surface area contributed by atoms with Crippen molar-refractivity contribution in [3.05, 3.63) is 0 Å². The minimum atomic E-state index is 0.274. The number of hydrogen-bond acceptors (Lipinski definition) is 3. The fourth-order valence-electron chi connectivity index (χ4n) is 4.20. The molecule has 2 saturated carbocycles. The summed E-state index contributed by atoms with van der Waals surface area (Å²) in [4.78, 5) is 17.1. The molecule has 3 heteroatoms. The average Bonchev–Trinajstić information content (AvgIpc) is 2.35. The van der Waals surface area contributed by atoms with Crippen LogP contribution in [-0.4, -0.2) is 55.4 Å². The van der Waals surface area contributed by atoms with E-state index in [0.717, 1.165) is 38.3 Å². The molecule has 2 aliphatic carbocycles. The van der Waals surface area contributed by atoms with Gasteiger partial charge < -0.3 is 9.80 Å². The minimum Gasteiger partial charge on any atom is -0.304 e. The van der Waals surface area contributed by atoms with Crippen molar-refractivity contribution < 1.29 is 4.79 Å². The van der Waals surface area contributed by atoms with Crippen LogP contribution in [0.25, 0.3) is 0 Å². The minimum absolute atomic E-state index is 0.274. The summed E-state index contributed by atoms with van der Waals surface area (Å²) in [6.07, 6.45) is 6.98. The molecule has 2 atom stereocenters. The van der Waals surface area contributed by atoms with Gasteiger partial charge in [-0.1, -0.05) is 13.8 Å². The first-order valence-electron chi connectivity index (χ1n) is 8.73. The van der Waals surface area contributed by atoms with Gasteiger partial charge >= 0.3 is 0 Å². The Morgan fingerprint density at radius 1 is 1.24 bits per heavy atom. The van der Waals surface area contributed by atoms with Crippen LogP contribution in [0.5, 0.6) is 0 Å². The Morgan fingerprint density at radius 2 is 1.90 bits per heavy atom. The van der Waals surface area contributed by atoms with Crippen molar-refractivity contribution >= 4 is 5.78 Å². The summed E-state index contributed by atoms with van der Waals surface area (Å²) in [5, 5.41) is 0. The maximum atomic E-state index is 12.2. The topological polar surface area (TPSA) is 23.6 Å². The SMILES string of the molecule is CC(C)C1CCC(=O)C(CN(C)CC2(N(C)C)CCC2)C1. The normalized spacial score (nSPS) is 29.2. The highest BCUT2D eigenvalue weighted by Crippen LogP contribution is 2.37. The van der Waals surface area contributed by atoms with E-state index in [1.54, 1.807) is 0 Å². The number of carbonyl (C=O) groups excluding carboxylic acids is 1. The maximum absolute atomic E-state index is 12.2. The molecule has 2 rings (SSSR count). The first kappa shape index (κ1) is 17.0. The lowest BCUT2D eigenvalue weighted by atomic mass is 9.74. The molecule has 0 bridgehead atoms. The molecule has 0 radical (unpaired) electrons. The van der Waals surface area contributed by atoms with E-state index in [1.807, 2.05) is 0 Å². The Hall–Kier alpha value is -0.410. The molecular formula is C18H34N2O. The predicted molar refractivity (Wildman–Crippen MR) is 88.4 cm³/mol. The van der Waals surface area contributed by atoms with E-state index >= 15 is 0 Å². The Morgan fingerprint density at radius 3 is 2.38 bits per heavy atom. The van der Waals surface area contributed by atoms with E-state index in [4.69, 9.17) is 0 Å². The van der Waals surface area contributed by atoms with Gasteiger partial charge in [-0.25, -0.2) is 0 Å². The van der Waals surface area contributed by atoms with Crippen LogP contribution in [0.1, 0.15) is 52.4 Å². The van der Waals surface area contributed by atoms with Crippen molar-refractivity contribution in [2.45, 2.75) is 57.9 Å². The van der Waals surface area contributed by atoms with Gasteiger partial charge in [-0.15, -0.1) is 0 Å². The van der Waals surface area contributed by atoms with Crippen LogP contribution in [-0.2, 0) is 4.79 Å². The van der Waals surface area contributed by atoms with Crippen LogP contribution in [0, 0.1) is 17.8 Å². The quantitative estimate of drug-likeness (QED) is 0.752. The number of ketones is 1. The zero-order chi connectivity index (χ0) is 15.6. The van der Waals surface area contributed by atoms with E-state index in [2.05, 4.69) is 44.8 Å². The molecule has 0 aromatic heterocycles. The molecule has 3 nitrogen and oxygen atoms in total. The number of Topliss-reactive ketones (excluding diaryl/α,β-unsaturated/α-hetero) is 1. The zero-order valence-electron chi connectivity index (χ0n) is 14.7. The van der Waals surface area contributed by atoms with E-state index in [0.29, 0.717) is 17.2 Å². The summed E-state index contributed by atoms with van der Waals surface area (Å²) in [5.74, 6) is 2.24. The smallest absolute Gasteiger partial charge is 0.137 e. The lowest BCUT2D eigenvalue weighted by Crippen LogP contribution is -2.57. The lowest BCUT2D eigenvalue weighted by Gasteiger charge is -2.49. The Kier molecular flexibility index (Phi) is 5.48. The monoisotopic (exact) mass is 294 g/mol. The number of nitrogens with zero attached hydrogens (tertiary/aromatic N) is 2. The molecule has 0 spiro atoms. The summed E-state index contributed by atoms with van der Waals surface area (Å²) >= 11 is 0. The number of hydrogen-bond donors (Lipinski definition) is 0. The molecule has 122 valence electrons. The van der Waals surface area contributed by atoms with Crippen molar-refractivity contribution in [2.24, 2.45) is 17.8 Å². The average molecular weight is 294 g/mol. The van der Waals surface area contributed by atoms with Crippen molar-refractivity contribution in [3.8, 4) is 0 Å². The molecule has 2 fully saturated rings. The van der Waals surface area contributed by atoms with E-state index in [1.165, 1.54) is 19.3 Å². The molecular weight excluding hydrogens is 260 g/mol. The van der Waals surface area contributed by atoms with Crippen molar-refractivity contribution in [2.75, 3.05) is 34.2 Å². The van der Waals surface area contributed by atoms with Gasteiger partial charge in [-0.3, -0.25) is 4.79 Å². The third-order valence-electron chi connectivity index (χ3n) is 6.08. The molecule has 0 aromatic rings. The molecule has 2 unspecified atom stereocenters. The van der Waals surface area contributed by atoms with E-state index in [9.17, 15) is 4.79 Å². The van der Waals surface area contributed by atoms with Crippen molar-refractivity contribution in [3.63, 3.8) is 0 Å². The summed E-state index contributed by atoms with van der Waals surface area (Å²) in [5.41, 5.74) is 0.365. The summed E-state index contributed by atoms with van der Waals surface area (Å²) < 4.78 is 0. The highest BCUT2D eigenvalue weighted by molar-refractivity contribution is 5.82. The van der Waals surface area contributed by atoms with Crippen LogP contribution >= 0.6 is 0 Å². The van der Waals surface area contributed by atoms with Crippen LogP contribution < -0.4 is 0 Å². The number of likely N-dealkylation sites (N-methyl/N-ethyl adjacent to an activating group) is 2. The Bertz CT molecular complexity index is 360. The summed E-state index contributed by atoms with van der Waals surface area (Å²) in [6.45, 7) is 6.67. The summed E-state index contributed by atoms with van der Waals surface area (Å²) in [6, 6.07) is 0. The van der Waals surface area contributed by atoms with Crippen molar-refractivity contribution in [1.82, 2.24) is 9.80 Å². The first-order valence-corrected chi connectivity index (χ1v) is 8.73. The van der Waals surface area contributed by atoms with E-state index in [-0.39, 0.29) is 5.92 Å². The molecule has 21 heavy (non-hydrogen) atoms. The van der Waals surface area contributed by atoms with Crippen LogP contribution in [0.2, 0.25) is 0 Å². The first-order chi connectivity index (χ1) is 9.84. The third-order valence-corrected chi connectivity index (χ3v) is 6.08. The Balaban J connectivity index is 1.89. The van der Waals surface area contributed by atoms with Crippen LogP contribution in [0.3, 0.4) is 0 Å². The third kappa shape index (κ3) is 3.87. The van der Waals surface area contributed by atoms with Crippen LogP contribution in [0.15, 0.2) is 0 Å². The van der Waals surface area contributed by atoms with Gasteiger partial charge in [0.05, 0.1) is 0 Å². The highest BCUT2D eigenvalue weighted by atomic mass is 16.1. The number of rotatable bonds is 6. The highest BCUT2D eigenvalue weighted by Gasteiger charge is 2.40. The molecule has 0 aromatic carbocycles. The van der Waals surface area contributed by atoms with Crippen molar-refractivity contribution in [1.29, 1.82) is 0 Å². The molecule has 0 heterocycles. The molecule has 0 aliphatic heterocycles. The number of carbonyl (C=O) groups is 1. The lowest BCUT2D eigenvalue weighted by molar-refractivity contribution is -0.126. The fourth-order valence-corrected chi connectivity index (χ4v) is 4.20. The van der Waals surface area contributed by atoms with Gasteiger partial charge in [-0.2, -0.15) is 0 Å². The predicted octanol–water partition coefficient (Wildman–Crippen LogP) is 3.04. The van der Waals surface area contributed by atoms with Gasteiger partial charge in [0, 0.05) is 31.0 Å². The van der Waals surface area contributed by atoms with Gasteiger partial charge in [-0.05, 0) is 65.1 Å². The zero-order valence-corrected chi connectivity index (χ0v) is 14.7. The van der Waals surface area contributed by atoms with Gasteiger partial charge in [0.25, 0.3) is 0 Å². The summed E-state index contributed by atoms with van der Waals surface area (Å²) in [7, 11) is 6.61. The second-order valence-corrected chi connectivity index (χ2v) is 8.11. The largest absolute Gasteiger partial charge is 0.304 e. The van der Waals surface area contributed by atoms with Gasteiger partial charge in [0.15, 0.2) is 0 Å². The maximum Gasteiger partial charge on any atom is 0.137 e. The molecule has 0 saturated heterocycles. The van der Waals surface area contributed by atoms with E-state index < -0.39 is 0 Å². The molecule has 0 amide bonds. The Labute approximate surface area is 131 Å².